The first kappa shape index (κ1) is 18.7. The zero-order chi connectivity index (χ0) is 18.1. The first-order chi connectivity index (χ1) is 12.6. The second kappa shape index (κ2) is 8.13. The Labute approximate surface area is 171 Å². The highest BCUT2D eigenvalue weighted by Gasteiger charge is 2.30. The van der Waals surface area contributed by atoms with Crippen molar-refractivity contribution in [2.24, 2.45) is 5.92 Å². The fourth-order valence-electron chi connectivity index (χ4n) is 3.95. The van der Waals surface area contributed by atoms with Gasteiger partial charge in [-0.25, -0.2) is 4.98 Å². The van der Waals surface area contributed by atoms with Gasteiger partial charge in [0.1, 0.15) is 0 Å². The number of nitrogens with zero attached hydrogens (tertiary/aromatic N) is 3. The van der Waals surface area contributed by atoms with Crippen LogP contribution in [-0.4, -0.2) is 33.3 Å². The average molecular weight is 430 g/mol. The van der Waals surface area contributed by atoms with Crippen molar-refractivity contribution in [1.82, 2.24) is 14.3 Å². The summed E-state index contributed by atoms with van der Waals surface area (Å²) in [5, 5.41) is 3.99. The highest BCUT2D eigenvalue weighted by molar-refractivity contribution is 7.12. The summed E-state index contributed by atoms with van der Waals surface area (Å²) in [6, 6.07) is 0. The maximum atomic E-state index is 12.7. The SMILES string of the molecule is O=C(C1CCCCC1)N1CCC(c2nc(-c3snc(Cl)c3Cl)cs2)CC1. The van der Waals surface area contributed by atoms with E-state index in [1.165, 1.54) is 30.8 Å². The van der Waals surface area contributed by atoms with Gasteiger partial charge in [-0.1, -0.05) is 42.5 Å². The van der Waals surface area contributed by atoms with E-state index in [0.29, 0.717) is 22.0 Å². The van der Waals surface area contributed by atoms with Gasteiger partial charge in [0.15, 0.2) is 5.15 Å². The number of hydrogen-bond acceptors (Lipinski definition) is 5. The van der Waals surface area contributed by atoms with E-state index in [9.17, 15) is 4.79 Å². The molecule has 1 aliphatic carbocycles. The molecule has 8 heteroatoms. The number of rotatable bonds is 3. The Kier molecular flexibility index (Phi) is 5.84. The van der Waals surface area contributed by atoms with Gasteiger partial charge in [-0.15, -0.1) is 11.3 Å². The summed E-state index contributed by atoms with van der Waals surface area (Å²) in [6.45, 7) is 1.70. The minimum atomic E-state index is 0.269. The van der Waals surface area contributed by atoms with Crippen LogP contribution in [0, 0.1) is 5.92 Å². The summed E-state index contributed by atoms with van der Waals surface area (Å²) >= 11 is 15.1. The summed E-state index contributed by atoms with van der Waals surface area (Å²) in [4.78, 5) is 20.4. The molecule has 4 rings (SSSR count). The fraction of sp³-hybridized carbons (Fsp3) is 0.611. The van der Waals surface area contributed by atoms with Crippen molar-refractivity contribution < 1.29 is 4.79 Å². The number of hydrogen-bond donors (Lipinski definition) is 0. The predicted molar refractivity (Wildman–Crippen MR) is 108 cm³/mol. The molecular weight excluding hydrogens is 409 g/mol. The third-order valence-electron chi connectivity index (χ3n) is 5.46. The number of likely N-dealkylation sites (tertiary alicyclic amines) is 1. The second-order valence-corrected chi connectivity index (χ2v) is 9.52. The van der Waals surface area contributed by atoms with E-state index in [1.807, 2.05) is 5.38 Å². The topological polar surface area (TPSA) is 46.1 Å². The normalized spacial score (nSPS) is 19.8. The molecule has 1 amide bonds. The summed E-state index contributed by atoms with van der Waals surface area (Å²) in [5.74, 6) is 1.07. The Morgan fingerprint density at radius 2 is 1.85 bits per heavy atom. The van der Waals surface area contributed by atoms with Crippen molar-refractivity contribution in [3.05, 3.63) is 20.6 Å². The van der Waals surface area contributed by atoms with Crippen LogP contribution in [0.1, 0.15) is 55.9 Å². The number of carbonyl (C=O) groups is 1. The van der Waals surface area contributed by atoms with Gasteiger partial charge in [0.25, 0.3) is 0 Å². The van der Waals surface area contributed by atoms with Crippen LogP contribution in [0.2, 0.25) is 10.2 Å². The Morgan fingerprint density at radius 1 is 1.12 bits per heavy atom. The molecule has 0 atom stereocenters. The molecule has 1 saturated carbocycles. The lowest BCUT2D eigenvalue weighted by atomic mass is 9.87. The van der Waals surface area contributed by atoms with Crippen molar-refractivity contribution >= 4 is 52.0 Å². The summed E-state index contributed by atoms with van der Waals surface area (Å²) in [5.41, 5.74) is 0.861. The minimum absolute atomic E-state index is 0.269. The van der Waals surface area contributed by atoms with Gasteiger partial charge in [-0.05, 0) is 37.2 Å². The number of halogens is 2. The van der Waals surface area contributed by atoms with Crippen molar-refractivity contribution in [2.75, 3.05) is 13.1 Å². The lowest BCUT2D eigenvalue weighted by Gasteiger charge is -2.34. The van der Waals surface area contributed by atoms with Crippen LogP contribution in [0.4, 0.5) is 0 Å². The van der Waals surface area contributed by atoms with E-state index in [2.05, 4.69) is 9.27 Å². The largest absolute Gasteiger partial charge is 0.342 e. The number of aromatic nitrogens is 2. The Bertz CT molecular complexity index is 777. The molecular formula is C18H21Cl2N3OS2. The molecule has 0 spiro atoms. The first-order valence-corrected chi connectivity index (χ1v) is 11.6. The lowest BCUT2D eigenvalue weighted by Crippen LogP contribution is -2.41. The van der Waals surface area contributed by atoms with Crippen LogP contribution in [-0.2, 0) is 4.79 Å². The second-order valence-electron chi connectivity index (χ2n) is 7.12. The Hall–Kier alpha value is -0.690. The van der Waals surface area contributed by atoms with Gasteiger partial charge >= 0.3 is 0 Å². The lowest BCUT2D eigenvalue weighted by molar-refractivity contribution is -0.137. The molecule has 0 bridgehead atoms. The molecule has 0 aromatic carbocycles. The van der Waals surface area contributed by atoms with Crippen LogP contribution in [0.5, 0.6) is 0 Å². The molecule has 2 aliphatic rings. The van der Waals surface area contributed by atoms with Crippen molar-refractivity contribution in [3.8, 4) is 10.6 Å². The molecule has 2 fully saturated rings. The van der Waals surface area contributed by atoms with Gasteiger partial charge in [0, 0.05) is 30.3 Å². The zero-order valence-electron chi connectivity index (χ0n) is 14.4. The van der Waals surface area contributed by atoms with Gasteiger partial charge < -0.3 is 4.90 Å². The summed E-state index contributed by atoms with van der Waals surface area (Å²) in [7, 11) is 0. The number of thiazole rings is 1. The highest BCUT2D eigenvalue weighted by Crippen LogP contribution is 2.39. The molecule has 26 heavy (non-hydrogen) atoms. The van der Waals surface area contributed by atoms with Gasteiger partial charge in [-0.3, -0.25) is 4.79 Å². The number of carbonyl (C=O) groups excluding carboxylic acids is 1. The maximum absolute atomic E-state index is 12.7. The first-order valence-electron chi connectivity index (χ1n) is 9.18. The third-order valence-corrected chi connectivity index (χ3v) is 8.29. The van der Waals surface area contributed by atoms with E-state index < -0.39 is 0 Å². The van der Waals surface area contributed by atoms with Gasteiger partial charge in [0.05, 0.1) is 20.6 Å². The van der Waals surface area contributed by atoms with Crippen LogP contribution >= 0.6 is 46.1 Å². The number of piperidine rings is 1. The molecule has 1 saturated heterocycles. The molecule has 2 aromatic rings. The smallest absolute Gasteiger partial charge is 0.225 e. The van der Waals surface area contributed by atoms with E-state index in [0.717, 1.165) is 54.4 Å². The van der Waals surface area contributed by atoms with Crippen LogP contribution < -0.4 is 0 Å². The molecule has 4 nitrogen and oxygen atoms in total. The minimum Gasteiger partial charge on any atom is -0.342 e. The van der Waals surface area contributed by atoms with E-state index in [4.69, 9.17) is 28.2 Å². The van der Waals surface area contributed by atoms with E-state index in [1.54, 1.807) is 11.3 Å². The standard InChI is InChI=1S/C18H21Cl2N3OS2/c19-14-15(26-22-16(14)20)13-10-25-17(21-13)11-6-8-23(9-7-11)18(24)12-4-2-1-3-5-12/h10-12H,1-9H2. The molecule has 1 aliphatic heterocycles. The Morgan fingerprint density at radius 3 is 2.50 bits per heavy atom. The molecule has 0 radical (unpaired) electrons. The highest BCUT2D eigenvalue weighted by atomic mass is 35.5. The monoisotopic (exact) mass is 429 g/mol. The zero-order valence-corrected chi connectivity index (χ0v) is 17.6. The van der Waals surface area contributed by atoms with Crippen molar-refractivity contribution in [3.63, 3.8) is 0 Å². The van der Waals surface area contributed by atoms with Crippen molar-refractivity contribution in [1.29, 1.82) is 0 Å². The van der Waals surface area contributed by atoms with E-state index >= 15 is 0 Å². The molecule has 0 unspecified atom stereocenters. The van der Waals surface area contributed by atoms with Crippen LogP contribution in [0.3, 0.4) is 0 Å². The van der Waals surface area contributed by atoms with E-state index in [-0.39, 0.29) is 5.92 Å². The van der Waals surface area contributed by atoms with Gasteiger partial charge in [-0.2, -0.15) is 4.37 Å². The van der Waals surface area contributed by atoms with Crippen molar-refractivity contribution in [2.45, 2.75) is 50.9 Å². The Balaban J connectivity index is 1.38. The molecule has 2 aromatic heterocycles. The summed E-state index contributed by atoms with van der Waals surface area (Å²) in [6.07, 6.45) is 7.83. The summed E-state index contributed by atoms with van der Waals surface area (Å²) < 4.78 is 4.08. The average Bonchev–Trinajstić information content (AvgIpc) is 3.29. The van der Waals surface area contributed by atoms with Gasteiger partial charge in [0.2, 0.25) is 5.91 Å². The third kappa shape index (κ3) is 3.79. The molecule has 140 valence electrons. The van der Waals surface area contributed by atoms with Crippen LogP contribution in [0.15, 0.2) is 5.38 Å². The molecule has 3 heterocycles. The fourth-order valence-corrected chi connectivity index (χ4v) is 6.19. The number of amides is 1. The molecule has 0 N–H and O–H groups in total. The quantitative estimate of drug-likeness (QED) is 0.613. The van der Waals surface area contributed by atoms with Crippen LogP contribution in [0.25, 0.3) is 10.6 Å². The predicted octanol–water partition coefficient (Wildman–Crippen LogP) is 5.86. The maximum Gasteiger partial charge on any atom is 0.225 e.